The Kier molecular flexibility index (Phi) is 2.07. The molecule has 1 aliphatic carbocycles. The first-order chi connectivity index (χ1) is 6.16. The van der Waals surface area contributed by atoms with Crippen molar-refractivity contribution in [3.63, 3.8) is 0 Å². The lowest BCUT2D eigenvalue weighted by atomic mass is 10.4. The van der Waals surface area contributed by atoms with Crippen molar-refractivity contribution >= 4 is 17.2 Å². The minimum atomic E-state index is -0.0290. The van der Waals surface area contributed by atoms with Crippen molar-refractivity contribution < 1.29 is 4.79 Å². The zero-order valence-electron chi connectivity index (χ0n) is 7.70. The fraction of sp³-hybridized carbons (Fsp3) is 0.556. The Bertz CT molecular complexity index is 334. The Morgan fingerprint density at radius 1 is 1.77 bits per heavy atom. The van der Waals surface area contributed by atoms with Crippen LogP contribution in [0.1, 0.15) is 28.8 Å². The summed E-state index contributed by atoms with van der Waals surface area (Å²) in [6, 6.07) is 0.384. The van der Waals surface area contributed by atoms with Crippen LogP contribution in [0, 0.1) is 12.8 Å². The van der Waals surface area contributed by atoms with Crippen molar-refractivity contribution in [2.45, 2.75) is 26.3 Å². The number of aryl methyl sites for hydroxylation is 1. The standard InChI is InChI=1S/C9H12N2OS/c1-5-3-7(5)11-9(12)8-4-13-6(2)10-8/h4-5,7H,3H2,1-2H3,(H,11,12)/t5-,7-/m1/s1. The molecule has 1 amide bonds. The molecule has 70 valence electrons. The molecule has 13 heavy (non-hydrogen) atoms. The quantitative estimate of drug-likeness (QED) is 0.780. The predicted octanol–water partition coefficient (Wildman–Crippen LogP) is 1.59. The van der Waals surface area contributed by atoms with Gasteiger partial charge < -0.3 is 5.32 Å². The van der Waals surface area contributed by atoms with Gasteiger partial charge in [-0.15, -0.1) is 11.3 Å². The van der Waals surface area contributed by atoms with Gasteiger partial charge in [-0.25, -0.2) is 4.98 Å². The third-order valence-electron chi connectivity index (χ3n) is 2.28. The number of nitrogens with zero attached hydrogens (tertiary/aromatic N) is 1. The highest BCUT2D eigenvalue weighted by Gasteiger charge is 2.34. The van der Waals surface area contributed by atoms with Gasteiger partial charge in [0.25, 0.3) is 5.91 Å². The van der Waals surface area contributed by atoms with E-state index in [1.807, 2.05) is 6.92 Å². The minimum absolute atomic E-state index is 0.0290. The lowest BCUT2D eigenvalue weighted by molar-refractivity contribution is 0.0945. The van der Waals surface area contributed by atoms with Gasteiger partial charge in [0.1, 0.15) is 5.69 Å². The van der Waals surface area contributed by atoms with Crippen molar-refractivity contribution in [1.29, 1.82) is 0 Å². The Hall–Kier alpha value is -0.900. The lowest BCUT2D eigenvalue weighted by Crippen LogP contribution is -2.26. The molecular weight excluding hydrogens is 184 g/mol. The highest BCUT2D eigenvalue weighted by molar-refractivity contribution is 7.09. The normalized spacial score (nSPS) is 25.7. The van der Waals surface area contributed by atoms with Crippen LogP contribution in [0.4, 0.5) is 0 Å². The number of amides is 1. The summed E-state index contributed by atoms with van der Waals surface area (Å²) in [6.07, 6.45) is 1.11. The smallest absolute Gasteiger partial charge is 0.270 e. The monoisotopic (exact) mass is 196 g/mol. The summed E-state index contributed by atoms with van der Waals surface area (Å²) in [6.45, 7) is 4.04. The molecule has 1 heterocycles. The van der Waals surface area contributed by atoms with Gasteiger partial charge in [0.15, 0.2) is 0 Å². The first-order valence-corrected chi connectivity index (χ1v) is 5.28. The van der Waals surface area contributed by atoms with Crippen LogP contribution in [-0.2, 0) is 0 Å². The second-order valence-corrected chi connectivity index (χ2v) is 4.61. The van der Waals surface area contributed by atoms with E-state index < -0.39 is 0 Å². The molecular formula is C9H12N2OS. The molecule has 0 saturated heterocycles. The molecule has 1 N–H and O–H groups in total. The lowest BCUT2D eigenvalue weighted by Gasteiger charge is -1.99. The summed E-state index contributed by atoms with van der Waals surface area (Å²) in [5, 5.41) is 5.68. The molecule has 1 aliphatic rings. The zero-order chi connectivity index (χ0) is 9.42. The summed E-state index contributed by atoms with van der Waals surface area (Å²) in [4.78, 5) is 15.6. The molecule has 0 bridgehead atoms. The van der Waals surface area contributed by atoms with E-state index in [0.717, 1.165) is 11.4 Å². The van der Waals surface area contributed by atoms with Crippen LogP contribution in [0.2, 0.25) is 0 Å². The van der Waals surface area contributed by atoms with Crippen molar-refractivity contribution in [2.75, 3.05) is 0 Å². The number of hydrogen-bond donors (Lipinski definition) is 1. The largest absolute Gasteiger partial charge is 0.348 e. The molecule has 1 saturated carbocycles. The average molecular weight is 196 g/mol. The Labute approximate surface area is 81.2 Å². The van der Waals surface area contributed by atoms with Crippen molar-refractivity contribution in [3.8, 4) is 0 Å². The maximum absolute atomic E-state index is 11.5. The molecule has 0 unspecified atom stereocenters. The number of thiazole rings is 1. The maximum Gasteiger partial charge on any atom is 0.270 e. The predicted molar refractivity (Wildman–Crippen MR) is 51.9 cm³/mol. The van der Waals surface area contributed by atoms with Crippen LogP contribution in [-0.4, -0.2) is 16.9 Å². The van der Waals surface area contributed by atoms with Gasteiger partial charge in [0.05, 0.1) is 5.01 Å². The van der Waals surface area contributed by atoms with Gasteiger partial charge in [-0.3, -0.25) is 4.79 Å². The van der Waals surface area contributed by atoms with E-state index in [-0.39, 0.29) is 5.91 Å². The molecule has 0 aromatic carbocycles. The van der Waals surface area contributed by atoms with Crippen LogP contribution >= 0.6 is 11.3 Å². The van der Waals surface area contributed by atoms with Crippen LogP contribution in [0.15, 0.2) is 5.38 Å². The van der Waals surface area contributed by atoms with E-state index in [1.165, 1.54) is 11.3 Å². The van der Waals surface area contributed by atoms with Crippen LogP contribution in [0.25, 0.3) is 0 Å². The van der Waals surface area contributed by atoms with Crippen LogP contribution in [0.3, 0.4) is 0 Å². The molecule has 2 rings (SSSR count). The molecule has 1 aromatic heterocycles. The summed E-state index contributed by atoms with van der Waals surface area (Å²) >= 11 is 1.51. The second-order valence-electron chi connectivity index (χ2n) is 3.54. The van der Waals surface area contributed by atoms with Crippen LogP contribution < -0.4 is 5.32 Å². The van der Waals surface area contributed by atoms with E-state index in [1.54, 1.807) is 5.38 Å². The van der Waals surface area contributed by atoms with Crippen molar-refractivity contribution in [1.82, 2.24) is 10.3 Å². The Morgan fingerprint density at radius 3 is 2.92 bits per heavy atom. The minimum Gasteiger partial charge on any atom is -0.348 e. The number of nitrogens with one attached hydrogen (secondary N) is 1. The number of hydrogen-bond acceptors (Lipinski definition) is 3. The molecule has 1 fully saturated rings. The molecule has 0 radical (unpaired) electrons. The summed E-state index contributed by atoms with van der Waals surface area (Å²) in [5.41, 5.74) is 0.557. The summed E-state index contributed by atoms with van der Waals surface area (Å²) in [5.74, 6) is 0.613. The van der Waals surface area contributed by atoms with E-state index >= 15 is 0 Å². The average Bonchev–Trinajstić information content (AvgIpc) is 2.62. The van der Waals surface area contributed by atoms with Crippen LogP contribution in [0.5, 0.6) is 0 Å². The van der Waals surface area contributed by atoms with Gasteiger partial charge in [0.2, 0.25) is 0 Å². The van der Waals surface area contributed by atoms with Gasteiger partial charge in [0, 0.05) is 11.4 Å². The van der Waals surface area contributed by atoms with Gasteiger partial charge in [-0.2, -0.15) is 0 Å². The number of carbonyl (C=O) groups is 1. The third kappa shape index (κ3) is 1.88. The molecule has 2 atom stereocenters. The summed E-state index contributed by atoms with van der Waals surface area (Å²) in [7, 11) is 0. The van der Waals surface area contributed by atoms with Gasteiger partial charge in [-0.1, -0.05) is 6.92 Å². The maximum atomic E-state index is 11.5. The Balaban J connectivity index is 1.97. The Morgan fingerprint density at radius 2 is 2.46 bits per heavy atom. The van der Waals surface area contributed by atoms with Gasteiger partial charge in [-0.05, 0) is 19.3 Å². The fourth-order valence-electron chi connectivity index (χ4n) is 1.23. The number of aromatic nitrogens is 1. The molecule has 0 spiro atoms. The topological polar surface area (TPSA) is 42.0 Å². The first kappa shape index (κ1) is 8.69. The highest BCUT2D eigenvalue weighted by Crippen LogP contribution is 2.29. The van der Waals surface area contributed by atoms with Gasteiger partial charge >= 0.3 is 0 Å². The second kappa shape index (κ2) is 3.10. The SMILES string of the molecule is Cc1nc(C(=O)N[C@@H]2C[C@H]2C)cs1. The first-order valence-electron chi connectivity index (χ1n) is 4.40. The summed E-state index contributed by atoms with van der Waals surface area (Å²) < 4.78 is 0. The fourth-order valence-corrected chi connectivity index (χ4v) is 1.83. The van der Waals surface area contributed by atoms with E-state index in [9.17, 15) is 4.79 Å². The van der Waals surface area contributed by atoms with Crippen molar-refractivity contribution in [2.24, 2.45) is 5.92 Å². The van der Waals surface area contributed by atoms with E-state index in [4.69, 9.17) is 0 Å². The third-order valence-corrected chi connectivity index (χ3v) is 3.05. The molecule has 1 aromatic rings. The van der Waals surface area contributed by atoms with E-state index in [0.29, 0.717) is 17.7 Å². The number of rotatable bonds is 2. The molecule has 0 aliphatic heterocycles. The highest BCUT2D eigenvalue weighted by atomic mass is 32.1. The van der Waals surface area contributed by atoms with Crippen molar-refractivity contribution in [3.05, 3.63) is 16.1 Å². The molecule has 4 heteroatoms. The van der Waals surface area contributed by atoms with E-state index in [2.05, 4.69) is 17.2 Å². The number of carbonyl (C=O) groups excluding carboxylic acids is 1. The zero-order valence-corrected chi connectivity index (χ0v) is 8.52. The molecule has 3 nitrogen and oxygen atoms in total.